The molecule has 0 N–H and O–H groups in total. The second kappa shape index (κ2) is 33.2. The smallest absolute Gasteiger partial charge is 0.190 e. The van der Waals surface area contributed by atoms with Crippen molar-refractivity contribution in [2.75, 3.05) is 0 Å². The average molecular weight is 1270 g/mol. The van der Waals surface area contributed by atoms with Gasteiger partial charge >= 0.3 is 0 Å². The summed E-state index contributed by atoms with van der Waals surface area (Å²) < 4.78 is 108. The average Bonchev–Trinajstić information content (AvgIpc) is 0.806. The molecule has 0 atom stereocenters. The van der Waals surface area contributed by atoms with Crippen molar-refractivity contribution >= 4 is 0 Å². The van der Waals surface area contributed by atoms with Gasteiger partial charge in [-0.1, -0.05) is 266 Å². The predicted octanol–water partition coefficient (Wildman–Crippen LogP) is 22.7. The van der Waals surface area contributed by atoms with E-state index in [9.17, 15) is 35.1 Å². The standard InChI is InChI=1S/C22H23F2N.C21H19F2N.C20H19F2N.C19H15F2N/c1-2-3-7-14-22(19-10-11-20(23)25-21(19)24)15-12-18(13-16-22)17-8-5-4-6-9-17;1-2-3-4-15-5-7-16(8-6-15)17-9-11-18(12-10-17)19-13-14-20(22)24-21(19)23;1-2-12-20(17-8-9-18(21)23-19(17)22)13-10-16(11-14-20)15-6-4-3-5-7-15;1-2-13-3-5-14(6-4-13)15-7-9-16(10-8-15)17-11-12-18(20)22-19(17)21/h4-6,8-13,15-16,18H,2-3,7,14H2,1H3;5-14H,2-4H2,1H3;3-11,13-14,16H,2,12H2,1H3;3-12H,2H2,1H3. The van der Waals surface area contributed by atoms with Gasteiger partial charge in [-0.2, -0.15) is 55.1 Å². The number of nitrogens with zero attached hydrogens (tertiary/aromatic N) is 4. The molecule has 12 heteroatoms. The highest BCUT2D eigenvalue weighted by atomic mass is 19.2. The van der Waals surface area contributed by atoms with Crippen LogP contribution < -0.4 is 0 Å². The van der Waals surface area contributed by atoms with Crippen LogP contribution in [-0.4, -0.2) is 19.9 Å². The van der Waals surface area contributed by atoms with Crippen molar-refractivity contribution in [3.63, 3.8) is 0 Å². The lowest BCUT2D eigenvalue weighted by Crippen LogP contribution is -2.25. The maximum atomic E-state index is 14.4. The van der Waals surface area contributed by atoms with Gasteiger partial charge < -0.3 is 0 Å². The molecule has 0 spiro atoms. The third kappa shape index (κ3) is 17.9. The topological polar surface area (TPSA) is 51.6 Å². The molecular formula is C82H76F8N4. The molecule has 94 heavy (non-hydrogen) atoms. The van der Waals surface area contributed by atoms with E-state index in [0.717, 1.165) is 79.7 Å². The fraction of sp³-hybridized carbons (Fsp3) is 0.220. The van der Waals surface area contributed by atoms with Gasteiger partial charge in [0.15, 0.2) is 0 Å². The van der Waals surface area contributed by atoms with Gasteiger partial charge in [0, 0.05) is 44.9 Å². The number of pyridine rings is 4. The molecule has 480 valence electrons. The first kappa shape index (κ1) is 68.7. The molecule has 10 aromatic rings. The van der Waals surface area contributed by atoms with Gasteiger partial charge in [-0.25, -0.2) is 0 Å². The summed E-state index contributed by atoms with van der Waals surface area (Å²) >= 11 is 0. The van der Waals surface area contributed by atoms with Crippen LogP contribution >= 0.6 is 0 Å². The Morgan fingerprint density at radius 3 is 1.00 bits per heavy atom. The monoisotopic (exact) mass is 1270 g/mol. The normalized spacial score (nSPS) is 16.9. The van der Waals surface area contributed by atoms with E-state index in [-0.39, 0.29) is 11.8 Å². The molecule has 0 saturated carbocycles. The fourth-order valence-corrected chi connectivity index (χ4v) is 11.8. The van der Waals surface area contributed by atoms with Gasteiger partial charge in [0.25, 0.3) is 0 Å². The quantitative estimate of drug-likeness (QED) is 0.0372. The molecule has 0 bridgehead atoms. The minimum absolute atomic E-state index is 0.178. The third-order valence-corrected chi connectivity index (χ3v) is 17.1. The molecule has 0 unspecified atom stereocenters. The molecule has 0 radical (unpaired) electrons. The van der Waals surface area contributed by atoms with Gasteiger partial charge in [-0.05, 0) is 136 Å². The zero-order valence-electron chi connectivity index (χ0n) is 53.3. The highest BCUT2D eigenvalue weighted by molar-refractivity contribution is 5.72. The number of benzene rings is 6. The van der Waals surface area contributed by atoms with E-state index in [1.165, 1.54) is 77.6 Å². The molecule has 2 aliphatic rings. The van der Waals surface area contributed by atoms with E-state index < -0.39 is 58.4 Å². The molecule has 4 heterocycles. The maximum absolute atomic E-state index is 14.4. The lowest BCUT2D eigenvalue weighted by Gasteiger charge is -2.32. The van der Waals surface area contributed by atoms with E-state index >= 15 is 0 Å². The van der Waals surface area contributed by atoms with Crippen LogP contribution in [-0.2, 0) is 23.7 Å². The number of rotatable bonds is 18. The molecular weight excluding hydrogens is 1190 g/mol. The molecule has 4 aromatic heterocycles. The Hall–Kier alpha value is -9.68. The van der Waals surface area contributed by atoms with Gasteiger partial charge in [-0.3, -0.25) is 0 Å². The summed E-state index contributed by atoms with van der Waals surface area (Å²) in [6.07, 6.45) is 26.7. The van der Waals surface area contributed by atoms with Crippen molar-refractivity contribution in [2.24, 2.45) is 0 Å². The van der Waals surface area contributed by atoms with Crippen LogP contribution in [0, 0.1) is 47.6 Å². The second-order valence-corrected chi connectivity index (χ2v) is 23.5. The number of allylic oxidation sites excluding steroid dienone is 8. The summed E-state index contributed by atoms with van der Waals surface area (Å²) in [7, 11) is 0. The first-order valence-electron chi connectivity index (χ1n) is 32.2. The molecule has 12 rings (SSSR count). The zero-order chi connectivity index (χ0) is 66.5. The number of halogens is 8. The summed E-state index contributed by atoms with van der Waals surface area (Å²) in [5, 5.41) is 0. The SMILES string of the molecule is CCCC1(c2ccc(F)nc2F)C=CC(c2ccccc2)C=C1.CCCCCC1(c2ccc(F)nc2F)C=CC(c2ccccc2)C=C1.CCCCc1ccc(-c2ccc(-c3ccc(F)nc3F)cc2)cc1.CCc1ccc(-c2ccc(-c3ccc(F)nc3F)cc2)cc1. The molecule has 4 nitrogen and oxygen atoms in total. The van der Waals surface area contributed by atoms with Crippen molar-refractivity contribution in [3.05, 3.63) is 336 Å². The molecule has 0 aliphatic heterocycles. The summed E-state index contributed by atoms with van der Waals surface area (Å²) in [5.74, 6) is -5.86. The van der Waals surface area contributed by atoms with Crippen LogP contribution in [0.5, 0.6) is 0 Å². The summed E-state index contributed by atoms with van der Waals surface area (Å²) in [4.78, 5) is 13.2. The Balaban J connectivity index is 0.000000148. The van der Waals surface area contributed by atoms with Crippen LogP contribution in [0.1, 0.15) is 124 Å². The maximum Gasteiger partial charge on any atom is 0.223 e. The first-order valence-corrected chi connectivity index (χ1v) is 32.2. The summed E-state index contributed by atoms with van der Waals surface area (Å²) in [6.45, 7) is 8.51. The van der Waals surface area contributed by atoms with E-state index in [1.807, 2.05) is 97.1 Å². The first-order chi connectivity index (χ1) is 45.6. The highest BCUT2D eigenvalue weighted by Gasteiger charge is 2.34. The van der Waals surface area contributed by atoms with Gasteiger partial charge in [0.2, 0.25) is 47.6 Å². The number of hydrogen-bond acceptors (Lipinski definition) is 4. The fourth-order valence-electron chi connectivity index (χ4n) is 11.8. The Bertz CT molecular complexity index is 4140. The van der Waals surface area contributed by atoms with Gasteiger partial charge in [0.1, 0.15) is 0 Å². The molecule has 0 saturated heterocycles. The zero-order valence-corrected chi connectivity index (χ0v) is 53.3. The Labute approximate surface area is 547 Å². The Kier molecular flexibility index (Phi) is 24.3. The molecule has 0 fully saturated rings. The molecule has 2 aliphatic carbocycles. The Morgan fingerprint density at radius 2 is 0.649 bits per heavy atom. The van der Waals surface area contributed by atoms with Gasteiger partial charge in [-0.15, -0.1) is 0 Å². The summed E-state index contributed by atoms with van der Waals surface area (Å²) in [6, 6.07) is 62.9. The lowest BCUT2D eigenvalue weighted by molar-refractivity contribution is 0.463. The van der Waals surface area contributed by atoms with Crippen LogP contribution in [0.15, 0.2) is 255 Å². The number of unbranched alkanes of at least 4 members (excludes halogenated alkanes) is 3. The van der Waals surface area contributed by atoms with Crippen molar-refractivity contribution < 1.29 is 35.1 Å². The van der Waals surface area contributed by atoms with Gasteiger partial charge in [0.05, 0.1) is 0 Å². The Morgan fingerprint density at radius 1 is 0.309 bits per heavy atom. The van der Waals surface area contributed by atoms with Crippen LogP contribution in [0.25, 0.3) is 44.5 Å². The van der Waals surface area contributed by atoms with E-state index in [1.54, 1.807) is 0 Å². The second-order valence-electron chi connectivity index (χ2n) is 23.5. The van der Waals surface area contributed by atoms with Crippen molar-refractivity contribution in [2.45, 2.75) is 115 Å². The lowest BCUT2D eigenvalue weighted by atomic mass is 9.72. The number of aromatic nitrogens is 4. The van der Waals surface area contributed by atoms with Crippen LogP contribution in [0.3, 0.4) is 0 Å². The third-order valence-electron chi connectivity index (χ3n) is 17.1. The molecule has 6 aromatic carbocycles. The van der Waals surface area contributed by atoms with Crippen LogP contribution in [0.2, 0.25) is 0 Å². The van der Waals surface area contributed by atoms with E-state index in [2.05, 4.69) is 157 Å². The minimum Gasteiger partial charge on any atom is -0.190 e. The van der Waals surface area contributed by atoms with Crippen molar-refractivity contribution in [1.82, 2.24) is 19.9 Å². The van der Waals surface area contributed by atoms with E-state index in [4.69, 9.17) is 0 Å². The summed E-state index contributed by atoms with van der Waals surface area (Å²) in [5.41, 5.74) is 11.1. The van der Waals surface area contributed by atoms with E-state index in [0.29, 0.717) is 33.4 Å². The highest BCUT2D eigenvalue weighted by Crippen LogP contribution is 2.42. The van der Waals surface area contributed by atoms with Crippen molar-refractivity contribution in [1.29, 1.82) is 0 Å². The van der Waals surface area contributed by atoms with Crippen molar-refractivity contribution in [3.8, 4) is 44.5 Å². The number of aryl methyl sites for hydroxylation is 2. The molecule has 0 amide bonds. The predicted molar refractivity (Wildman–Crippen MR) is 364 cm³/mol. The minimum atomic E-state index is -0.811. The largest absolute Gasteiger partial charge is 0.223 e. The number of hydrogen-bond donors (Lipinski definition) is 0. The van der Waals surface area contributed by atoms with Crippen LogP contribution in [0.4, 0.5) is 35.1 Å².